The van der Waals surface area contributed by atoms with Gasteiger partial charge in [0.05, 0.1) is 18.8 Å². The minimum absolute atomic E-state index is 0.0428. The van der Waals surface area contributed by atoms with E-state index in [4.69, 9.17) is 4.74 Å². The molecule has 3 saturated heterocycles. The number of hydrogen-bond acceptors (Lipinski definition) is 4. The van der Waals surface area contributed by atoms with E-state index in [9.17, 15) is 4.79 Å². The van der Waals surface area contributed by atoms with Crippen LogP contribution in [0.1, 0.15) is 42.6 Å². The molecule has 1 aromatic heterocycles. The van der Waals surface area contributed by atoms with Crippen molar-refractivity contribution in [1.29, 1.82) is 0 Å². The summed E-state index contributed by atoms with van der Waals surface area (Å²) in [4.78, 5) is 21.4. The van der Waals surface area contributed by atoms with E-state index in [2.05, 4.69) is 9.88 Å². The molecule has 5 nitrogen and oxygen atoms in total. The van der Waals surface area contributed by atoms with Gasteiger partial charge in [0.2, 0.25) is 0 Å². The Balaban J connectivity index is 1.38. The lowest BCUT2D eigenvalue weighted by molar-refractivity contribution is -0.0451. The third kappa shape index (κ3) is 3.33. The zero-order valence-electron chi connectivity index (χ0n) is 14.3. The molecule has 1 amide bonds. The van der Waals surface area contributed by atoms with Gasteiger partial charge in [-0.2, -0.15) is 0 Å². The number of aromatic nitrogens is 1. The standard InChI is InChI=1S/C19H27N3O2/c23-18(17-6-1-2-8-20-17)22-11-5-7-19(15-22)12-16(14-24-19)13-21-9-3-4-10-21/h1-2,6,8,16H,3-5,7,9-15H2. The Labute approximate surface area is 144 Å². The second-order valence-electron chi connectivity index (χ2n) is 7.62. The maximum atomic E-state index is 12.7. The van der Waals surface area contributed by atoms with Gasteiger partial charge in [0.25, 0.3) is 5.91 Å². The lowest BCUT2D eigenvalue weighted by Crippen LogP contribution is -2.50. The van der Waals surface area contributed by atoms with Crippen molar-refractivity contribution in [3.8, 4) is 0 Å². The Morgan fingerprint density at radius 3 is 2.92 bits per heavy atom. The van der Waals surface area contributed by atoms with E-state index < -0.39 is 0 Å². The normalized spacial score (nSPS) is 31.0. The van der Waals surface area contributed by atoms with Crippen molar-refractivity contribution in [2.75, 3.05) is 39.3 Å². The van der Waals surface area contributed by atoms with Crippen molar-refractivity contribution in [3.63, 3.8) is 0 Å². The van der Waals surface area contributed by atoms with Crippen LogP contribution in [0.5, 0.6) is 0 Å². The Hall–Kier alpha value is -1.46. The van der Waals surface area contributed by atoms with Gasteiger partial charge in [0.15, 0.2) is 0 Å². The number of rotatable bonds is 3. The van der Waals surface area contributed by atoms with Crippen molar-refractivity contribution in [1.82, 2.24) is 14.8 Å². The summed E-state index contributed by atoms with van der Waals surface area (Å²) < 4.78 is 6.28. The number of nitrogens with zero attached hydrogens (tertiary/aromatic N) is 3. The van der Waals surface area contributed by atoms with E-state index >= 15 is 0 Å². The van der Waals surface area contributed by atoms with Gasteiger partial charge in [-0.1, -0.05) is 6.07 Å². The number of carbonyl (C=O) groups is 1. The smallest absolute Gasteiger partial charge is 0.272 e. The van der Waals surface area contributed by atoms with E-state index in [1.165, 1.54) is 25.9 Å². The number of pyridine rings is 1. The monoisotopic (exact) mass is 329 g/mol. The highest BCUT2D eigenvalue weighted by molar-refractivity contribution is 5.92. The third-order valence-electron chi connectivity index (χ3n) is 5.71. The molecular weight excluding hydrogens is 302 g/mol. The highest BCUT2D eigenvalue weighted by Crippen LogP contribution is 2.38. The van der Waals surface area contributed by atoms with Gasteiger partial charge < -0.3 is 14.5 Å². The fraction of sp³-hybridized carbons (Fsp3) is 0.684. The summed E-state index contributed by atoms with van der Waals surface area (Å²) in [5, 5.41) is 0. The first kappa shape index (κ1) is 16.0. The number of hydrogen-bond donors (Lipinski definition) is 0. The molecular formula is C19H27N3O2. The average molecular weight is 329 g/mol. The van der Waals surface area contributed by atoms with Crippen LogP contribution in [0.3, 0.4) is 0 Å². The molecule has 1 aromatic rings. The molecule has 24 heavy (non-hydrogen) atoms. The molecule has 5 heteroatoms. The molecule has 3 aliphatic heterocycles. The molecule has 2 unspecified atom stereocenters. The van der Waals surface area contributed by atoms with Crippen LogP contribution in [0.4, 0.5) is 0 Å². The Bertz CT molecular complexity index is 573. The summed E-state index contributed by atoms with van der Waals surface area (Å²) in [6.07, 6.45) is 7.56. The minimum Gasteiger partial charge on any atom is -0.373 e. The summed E-state index contributed by atoms with van der Waals surface area (Å²) in [5.41, 5.74) is 0.425. The molecule has 0 N–H and O–H groups in total. The predicted molar refractivity (Wildman–Crippen MR) is 91.8 cm³/mol. The van der Waals surface area contributed by atoms with E-state index in [1.54, 1.807) is 12.3 Å². The molecule has 0 saturated carbocycles. The first-order valence-electron chi connectivity index (χ1n) is 9.31. The van der Waals surface area contributed by atoms with E-state index in [0.717, 1.165) is 45.5 Å². The average Bonchev–Trinajstić information content (AvgIpc) is 3.26. The lowest BCUT2D eigenvalue weighted by Gasteiger charge is -2.39. The van der Waals surface area contributed by atoms with Gasteiger partial charge in [-0.15, -0.1) is 0 Å². The molecule has 0 bridgehead atoms. The Morgan fingerprint density at radius 2 is 2.12 bits per heavy atom. The molecule has 0 radical (unpaired) electrons. The van der Waals surface area contributed by atoms with E-state index in [1.807, 2.05) is 17.0 Å². The van der Waals surface area contributed by atoms with Gasteiger partial charge in [0, 0.05) is 19.3 Å². The van der Waals surface area contributed by atoms with Crippen LogP contribution in [0.25, 0.3) is 0 Å². The number of amides is 1. The highest BCUT2D eigenvalue weighted by Gasteiger charge is 2.45. The van der Waals surface area contributed by atoms with Gasteiger partial charge in [-0.3, -0.25) is 9.78 Å². The summed E-state index contributed by atoms with van der Waals surface area (Å²) in [7, 11) is 0. The van der Waals surface area contributed by atoms with E-state index in [-0.39, 0.29) is 11.5 Å². The number of likely N-dealkylation sites (tertiary alicyclic amines) is 2. The van der Waals surface area contributed by atoms with Crippen molar-refractivity contribution in [3.05, 3.63) is 30.1 Å². The van der Waals surface area contributed by atoms with Crippen molar-refractivity contribution in [2.45, 2.75) is 37.7 Å². The molecule has 2 atom stereocenters. The molecule has 4 heterocycles. The molecule has 3 aliphatic rings. The summed E-state index contributed by atoms with van der Waals surface area (Å²) in [6.45, 7) is 6.04. The molecule has 1 spiro atoms. The maximum absolute atomic E-state index is 12.7. The second-order valence-corrected chi connectivity index (χ2v) is 7.62. The van der Waals surface area contributed by atoms with Crippen LogP contribution in [0.15, 0.2) is 24.4 Å². The molecule has 130 valence electrons. The summed E-state index contributed by atoms with van der Waals surface area (Å²) in [5.74, 6) is 0.661. The van der Waals surface area contributed by atoms with Crippen LogP contribution in [0.2, 0.25) is 0 Å². The first-order valence-corrected chi connectivity index (χ1v) is 9.31. The van der Waals surface area contributed by atoms with Crippen LogP contribution in [-0.2, 0) is 4.74 Å². The van der Waals surface area contributed by atoms with Gasteiger partial charge in [-0.25, -0.2) is 0 Å². The number of carbonyl (C=O) groups excluding carboxylic acids is 1. The van der Waals surface area contributed by atoms with Gasteiger partial charge in [0.1, 0.15) is 5.69 Å². The minimum atomic E-state index is -0.118. The second kappa shape index (κ2) is 6.81. The summed E-state index contributed by atoms with van der Waals surface area (Å²) in [6, 6.07) is 5.52. The fourth-order valence-corrected chi connectivity index (χ4v) is 4.59. The number of piperidine rings is 1. The highest BCUT2D eigenvalue weighted by atomic mass is 16.5. The molecule has 3 fully saturated rings. The fourth-order valence-electron chi connectivity index (χ4n) is 4.59. The Morgan fingerprint density at radius 1 is 1.25 bits per heavy atom. The topological polar surface area (TPSA) is 45.7 Å². The van der Waals surface area contributed by atoms with Crippen LogP contribution >= 0.6 is 0 Å². The third-order valence-corrected chi connectivity index (χ3v) is 5.71. The van der Waals surface area contributed by atoms with Crippen molar-refractivity contribution >= 4 is 5.91 Å². The summed E-state index contributed by atoms with van der Waals surface area (Å²) >= 11 is 0. The first-order chi connectivity index (χ1) is 11.7. The van der Waals surface area contributed by atoms with Crippen LogP contribution in [0, 0.1) is 5.92 Å². The van der Waals surface area contributed by atoms with Crippen LogP contribution < -0.4 is 0 Å². The molecule has 0 aliphatic carbocycles. The van der Waals surface area contributed by atoms with Gasteiger partial charge >= 0.3 is 0 Å². The molecule has 4 rings (SSSR count). The van der Waals surface area contributed by atoms with Crippen LogP contribution in [-0.4, -0.2) is 65.6 Å². The number of ether oxygens (including phenoxy) is 1. The molecule has 0 aromatic carbocycles. The maximum Gasteiger partial charge on any atom is 0.272 e. The quantitative estimate of drug-likeness (QED) is 0.853. The largest absolute Gasteiger partial charge is 0.373 e. The zero-order chi connectivity index (χ0) is 16.4. The van der Waals surface area contributed by atoms with Gasteiger partial charge in [-0.05, 0) is 63.2 Å². The van der Waals surface area contributed by atoms with Crippen molar-refractivity contribution < 1.29 is 9.53 Å². The zero-order valence-corrected chi connectivity index (χ0v) is 14.3. The Kier molecular flexibility index (Phi) is 4.55. The predicted octanol–water partition coefficient (Wildman–Crippen LogP) is 2.19. The SMILES string of the molecule is O=C(c1ccccn1)N1CCCC2(CC(CN3CCCC3)CO2)C1. The lowest BCUT2D eigenvalue weighted by atomic mass is 9.86. The van der Waals surface area contributed by atoms with E-state index in [0.29, 0.717) is 11.6 Å². The van der Waals surface area contributed by atoms with Crippen molar-refractivity contribution in [2.24, 2.45) is 5.92 Å².